The van der Waals surface area contributed by atoms with Crippen LogP contribution in [0.25, 0.3) is 21.8 Å². The van der Waals surface area contributed by atoms with Crippen molar-refractivity contribution in [1.29, 1.82) is 0 Å². The van der Waals surface area contributed by atoms with Crippen molar-refractivity contribution in [3.8, 4) is 11.6 Å². The zero-order valence-electron chi connectivity index (χ0n) is 19.8. The molecule has 0 radical (unpaired) electrons. The number of aryl methyl sites for hydroxylation is 1. The number of oxime groups is 1. The van der Waals surface area contributed by atoms with Crippen LogP contribution in [-0.4, -0.2) is 40.9 Å². The van der Waals surface area contributed by atoms with Gasteiger partial charge in [-0.2, -0.15) is 0 Å². The fraction of sp³-hybridized carbons (Fsp3) is 0.115. The van der Waals surface area contributed by atoms with Crippen molar-refractivity contribution in [1.82, 2.24) is 13.9 Å². The van der Waals surface area contributed by atoms with Gasteiger partial charge < -0.3 is 14.7 Å². The number of hydrogen-bond acceptors (Lipinski definition) is 8. The van der Waals surface area contributed by atoms with Crippen LogP contribution in [-0.2, 0) is 21.4 Å². The average molecular weight is 581 g/mol. The van der Waals surface area contributed by atoms with E-state index in [1.54, 1.807) is 60.8 Å². The minimum Gasteiger partial charge on any atom is -0.438 e. The first kappa shape index (κ1) is 24.9. The number of pyridine rings is 2. The van der Waals surface area contributed by atoms with Crippen LogP contribution in [0, 0.1) is 6.92 Å². The number of methoxy groups -OCH3 is 1. The van der Waals surface area contributed by atoms with Crippen molar-refractivity contribution >= 4 is 54.0 Å². The molecule has 5 aromatic rings. The Kier molecular flexibility index (Phi) is 6.67. The largest absolute Gasteiger partial charge is 0.438 e. The number of aromatic nitrogens is 3. The van der Waals surface area contributed by atoms with E-state index in [4.69, 9.17) is 9.47 Å². The molecule has 0 aliphatic carbocycles. The van der Waals surface area contributed by atoms with Gasteiger partial charge in [0.2, 0.25) is 5.88 Å². The summed E-state index contributed by atoms with van der Waals surface area (Å²) >= 11 is 3.36. The van der Waals surface area contributed by atoms with Gasteiger partial charge in [0.25, 0.3) is 10.0 Å². The molecule has 0 atom stereocenters. The molecule has 0 spiro atoms. The fourth-order valence-corrected chi connectivity index (χ4v) is 5.94. The quantitative estimate of drug-likeness (QED) is 0.150. The lowest BCUT2D eigenvalue weighted by atomic mass is 10.1. The maximum absolute atomic E-state index is 14.0. The minimum absolute atomic E-state index is 0.0836. The predicted octanol–water partition coefficient (Wildman–Crippen LogP) is 5.64. The summed E-state index contributed by atoms with van der Waals surface area (Å²) in [7, 11) is -2.52. The zero-order chi connectivity index (χ0) is 26.2. The molecule has 5 rings (SSSR count). The van der Waals surface area contributed by atoms with E-state index in [1.807, 2.05) is 6.92 Å². The number of nitrogens with zero attached hydrogens (tertiary/aromatic N) is 4. The second kappa shape index (κ2) is 9.92. The highest BCUT2D eigenvalue weighted by molar-refractivity contribution is 9.10. The maximum atomic E-state index is 14.0. The molecule has 0 saturated heterocycles. The number of halogens is 1. The summed E-state index contributed by atoms with van der Waals surface area (Å²) in [5, 5.41) is 13.4. The van der Waals surface area contributed by atoms with Crippen molar-refractivity contribution in [2.24, 2.45) is 5.16 Å². The van der Waals surface area contributed by atoms with Crippen molar-refractivity contribution in [2.75, 3.05) is 7.11 Å². The molecule has 3 aromatic heterocycles. The van der Waals surface area contributed by atoms with Gasteiger partial charge in [-0.05, 0) is 53.2 Å². The van der Waals surface area contributed by atoms with Crippen LogP contribution in [0.15, 0.2) is 81.5 Å². The van der Waals surface area contributed by atoms with E-state index in [1.165, 1.54) is 23.5 Å². The Bertz CT molecular complexity index is 1750. The van der Waals surface area contributed by atoms with Gasteiger partial charge in [-0.15, -0.1) is 0 Å². The molecule has 0 aliphatic heterocycles. The minimum atomic E-state index is -4.04. The highest BCUT2D eigenvalue weighted by Gasteiger charge is 2.28. The summed E-state index contributed by atoms with van der Waals surface area (Å²) in [5.74, 6) is 0.725. The second-order valence-electron chi connectivity index (χ2n) is 8.21. The first-order chi connectivity index (χ1) is 17.8. The number of benzene rings is 2. The third-order valence-corrected chi connectivity index (χ3v) is 8.04. The summed E-state index contributed by atoms with van der Waals surface area (Å²) < 4.78 is 41.6. The van der Waals surface area contributed by atoms with Gasteiger partial charge in [-0.1, -0.05) is 28.9 Å². The van der Waals surface area contributed by atoms with Crippen LogP contribution in [0.1, 0.15) is 16.8 Å². The highest BCUT2D eigenvalue weighted by atomic mass is 79.9. The van der Waals surface area contributed by atoms with Gasteiger partial charge in [0.15, 0.2) is 0 Å². The summed E-state index contributed by atoms with van der Waals surface area (Å²) in [6.07, 6.45) is 4.24. The second-order valence-corrected chi connectivity index (χ2v) is 10.9. The summed E-state index contributed by atoms with van der Waals surface area (Å²) in [4.78, 5) is 8.81. The van der Waals surface area contributed by atoms with E-state index in [2.05, 4.69) is 31.1 Å². The Morgan fingerprint density at radius 2 is 1.81 bits per heavy atom. The first-order valence-corrected chi connectivity index (χ1v) is 13.3. The van der Waals surface area contributed by atoms with Crippen LogP contribution in [0.5, 0.6) is 11.6 Å². The lowest BCUT2D eigenvalue weighted by Crippen LogP contribution is -2.13. The number of rotatable bonds is 7. The van der Waals surface area contributed by atoms with E-state index in [0.717, 1.165) is 10.0 Å². The van der Waals surface area contributed by atoms with Crippen LogP contribution < -0.4 is 4.74 Å². The van der Waals surface area contributed by atoms with Gasteiger partial charge in [0, 0.05) is 34.8 Å². The Morgan fingerprint density at radius 3 is 2.49 bits per heavy atom. The SMILES string of the molecule is COCc1c(/C=N/O)ncc2c1c1c(Oc3ccc(Br)cn3)cccc1n2S(=O)(=O)c1ccc(C)cc1. The van der Waals surface area contributed by atoms with Crippen molar-refractivity contribution in [3.05, 3.63) is 88.3 Å². The lowest BCUT2D eigenvalue weighted by molar-refractivity contribution is 0.185. The molecule has 11 heteroatoms. The van der Waals surface area contributed by atoms with E-state index in [-0.39, 0.29) is 11.5 Å². The Balaban J connectivity index is 1.89. The predicted molar refractivity (Wildman–Crippen MR) is 143 cm³/mol. The van der Waals surface area contributed by atoms with E-state index >= 15 is 0 Å². The molecule has 2 aromatic carbocycles. The van der Waals surface area contributed by atoms with Crippen molar-refractivity contribution in [2.45, 2.75) is 18.4 Å². The van der Waals surface area contributed by atoms with Crippen LogP contribution in [0.3, 0.4) is 0 Å². The number of hydrogen-bond donors (Lipinski definition) is 1. The smallest absolute Gasteiger partial charge is 0.268 e. The third kappa shape index (κ3) is 4.45. The normalized spacial score (nSPS) is 12.1. The van der Waals surface area contributed by atoms with Crippen LogP contribution in [0.2, 0.25) is 0 Å². The molecule has 3 heterocycles. The molecular formula is C26H21BrN4O5S. The van der Waals surface area contributed by atoms with E-state index in [0.29, 0.717) is 44.7 Å². The Labute approximate surface area is 221 Å². The molecule has 0 unspecified atom stereocenters. The van der Waals surface area contributed by atoms with E-state index in [9.17, 15) is 13.6 Å². The summed E-state index contributed by atoms with van der Waals surface area (Å²) in [5.41, 5.74) is 2.54. The lowest BCUT2D eigenvalue weighted by Gasteiger charge is -2.10. The van der Waals surface area contributed by atoms with Crippen molar-refractivity contribution in [3.63, 3.8) is 0 Å². The number of ether oxygens (including phenoxy) is 2. The molecule has 9 nitrogen and oxygen atoms in total. The summed E-state index contributed by atoms with van der Waals surface area (Å²) in [6.45, 7) is 1.97. The molecule has 0 amide bonds. The molecular weight excluding hydrogens is 560 g/mol. The Hall–Kier alpha value is -3.80. The summed E-state index contributed by atoms with van der Waals surface area (Å²) in [6, 6.07) is 15.3. The Morgan fingerprint density at radius 1 is 1.03 bits per heavy atom. The standard InChI is InChI=1S/C26H21BrN4O5S/c1-16-6-9-18(10-7-16)37(33,34)31-21-4-3-5-23(36-24-11-8-17(27)12-29-24)26(21)25-19(15-35-2)20(13-30-32)28-14-22(25)31/h3-14,32H,15H2,1-2H3/b30-13+. The van der Waals surface area contributed by atoms with E-state index < -0.39 is 10.0 Å². The monoisotopic (exact) mass is 580 g/mol. The molecule has 37 heavy (non-hydrogen) atoms. The molecule has 0 aliphatic rings. The number of fused-ring (bicyclic) bond motifs is 3. The first-order valence-electron chi connectivity index (χ1n) is 11.1. The highest BCUT2D eigenvalue weighted by Crippen LogP contribution is 2.41. The molecule has 0 fully saturated rings. The molecule has 188 valence electrons. The average Bonchev–Trinajstić information content (AvgIpc) is 3.23. The third-order valence-electron chi connectivity index (χ3n) is 5.83. The van der Waals surface area contributed by atoms with Gasteiger partial charge in [-0.25, -0.2) is 17.4 Å². The topological polar surface area (TPSA) is 116 Å². The molecule has 1 N–H and O–H groups in total. The van der Waals surface area contributed by atoms with Crippen LogP contribution in [0.4, 0.5) is 0 Å². The zero-order valence-corrected chi connectivity index (χ0v) is 22.2. The fourth-order valence-electron chi connectivity index (χ4n) is 4.21. The van der Waals surface area contributed by atoms with Crippen molar-refractivity contribution < 1.29 is 23.1 Å². The van der Waals surface area contributed by atoms with Gasteiger partial charge in [-0.3, -0.25) is 4.98 Å². The van der Waals surface area contributed by atoms with Gasteiger partial charge in [0.1, 0.15) is 5.75 Å². The van der Waals surface area contributed by atoms with Gasteiger partial charge in [0.05, 0.1) is 46.0 Å². The van der Waals surface area contributed by atoms with Gasteiger partial charge >= 0.3 is 0 Å². The molecule has 0 saturated carbocycles. The van der Waals surface area contributed by atoms with Crippen LogP contribution >= 0.6 is 15.9 Å². The maximum Gasteiger partial charge on any atom is 0.268 e. The molecule has 0 bridgehead atoms.